The first kappa shape index (κ1) is 59.8. The van der Waals surface area contributed by atoms with E-state index in [1.807, 2.05) is 87.3 Å². The number of carbonyl (C=O) groups excluding carboxylic acids is 2. The van der Waals surface area contributed by atoms with Gasteiger partial charge in [0.2, 0.25) is 11.8 Å². The number of hydrogen-bond donors (Lipinski definition) is 4. The van der Waals surface area contributed by atoms with E-state index < -0.39 is 77.5 Å². The van der Waals surface area contributed by atoms with E-state index in [9.17, 15) is 34.6 Å². The molecule has 3 saturated heterocycles. The standard InChI is InChI=1S/C61H69ClF3N11O8/c1-34(2)51(59(81)76-32-42(77)28-47(76)57(79)68-37(5)38-11-13-39(14-12-38)46-16-20-67-72(46)6)49-30-50(71-84-49)83-33-61(65)17-21-73(22-18-61)25-26-82-60-69-55-44(56(70-60)74-23-24-75(58(80)36(4)63)41(31-74)15-19-66)29-45(62)53(54(55)64)52-35(3)48(78)27-40-9-7-8-10-43(40)52/h7-14,16,20,27,29-30,34-35,37,41-42,47-48,51,58,77-78,80H,4,15,17-18,21-26,28,31-33H2,1-3,5-6H3,(H,68,79)/t35?,37-,41-,42+,47-,48?,51+,58?/m0/s1. The molecule has 84 heavy (non-hydrogen) atoms. The summed E-state index contributed by atoms with van der Waals surface area (Å²) in [5, 5.41) is 55.3. The lowest BCUT2D eigenvalue weighted by molar-refractivity contribution is -0.141. The molecule has 444 valence electrons. The predicted octanol–water partition coefficient (Wildman–Crippen LogP) is 5.85. The molecule has 0 bridgehead atoms. The summed E-state index contributed by atoms with van der Waals surface area (Å²) in [5.41, 5.74) is 1.49. The number of aryl methyl sites for hydroxylation is 1. The molecular weight excluding hydrogens is 1110 g/mol. The number of benzene rings is 3. The van der Waals surface area contributed by atoms with Crippen molar-refractivity contribution in [3.8, 4) is 29.2 Å². The first-order valence-electron chi connectivity index (χ1n) is 28.3. The number of aliphatic hydroxyl groups excluding tert-OH is 3. The number of carbonyl (C=O) groups is 2. The first-order valence-corrected chi connectivity index (χ1v) is 28.7. The van der Waals surface area contributed by atoms with Crippen LogP contribution in [0.2, 0.25) is 5.02 Å². The number of β-amino-alcohol motifs (C(OH)–C–C–N with tert-alkyl or cyclic N) is 1. The second kappa shape index (κ2) is 25.1. The normalized spacial score (nSPS) is 22.0. The monoisotopic (exact) mass is 1180 g/mol. The van der Waals surface area contributed by atoms with Crippen molar-refractivity contribution in [3.63, 3.8) is 0 Å². The number of nitrogens with zero attached hydrogens (tertiary/aromatic N) is 10. The number of alkyl halides is 1. The van der Waals surface area contributed by atoms with Gasteiger partial charge in [-0.1, -0.05) is 87.5 Å². The van der Waals surface area contributed by atoms with Crippen LogP contribution in [0.3, 0.4) is 0 Å². The van der Waals surface area contributed by atoms with Gasteiger partial charge in [0.15, 0.2) is 17.8 Å². The molecule has 2 amide bonds. The van der Waals surface area contributed by atoms with Gasteiger partial charge in [-0.2, -0.15) is 20.3 Å². The number of ether oxygens (including phenoxy) is 2. The Bertz CT molecular complexity index is 3590. The molecule has 1 aliphatic carbocycles. The molecule has 3 aromatic carbocycles. The highest BCUT2D eigenvalue weighted by atomic mass is 35.5. The maximum atomic E-state index is 17.5. The number of fused-ring (bicyclic) bond motifs is 2. The number of hydrogen-bond acceptors (Lipinski definition) is 16. The number of piperazine rings is 1. The molecule has 0 radical (unpaired) electrons. The zero-order valence-electron chi connectivity index (χ0n) is 47.5. The average molecular weight is 1180 g/mol. The summed E-state index contributed by atoms with van der Waals surface area (Å²) >= 11 is 7.02. The van der Waals surface area contributed by atoms with Crippen molar-refractivity contribution in [1.82, 2.24) is 44.9 Å². The quantitative estimate of drug-likeness (QED) is 0.0746. The molecule has 4 aliphatic rings. The van der Waals surface area contributed by atoms with Crippen LogP contribution in [0.4, 0.5) is 19.0 Å². The minimum absolute atomic E-state index is 0.00523. The average Bonchev–Trinajstić information content (AvgIpc) is 1.53. The zero-order chi connectivity index (χ0) is 59.7. The molecule has 8 atom stereocenters. The van der Waals surface area contributed by atoms with Crippen molar-refractivity contribution < 1.29 is 52.1 Å². The Morgan fingerprint density at radius 1 is 1.02 bits per heavy atom. The minimum atomic E-state index is -1.75. The van der Waals surface area contributed by atoms with Crippen LogP contribution in [0, 0.1) is 29.0 Å². The minimum Gasteiger partial charge on any atom is -0.472 e. The Balaban J connectivity index is 0.783. The molecule has 3 aliphatic heterocycles. The summed E-state index contributed by atoms with van der Waals surface area (Å²) in [6.45, 7) is 11.6. The van der Waals surface area contributed by atoms with Gasteiger partial charge in [-0.05, 0) is 76.2 Å². The van der Waals surface area contributed by atoms with Crippen molar-refractivity contribution in [2.24, 2.45) is 18.9 Å². The van der Waals surface area contributed by atoms with Crippen LogP contribution >= 0.6 is 11.6 Å². The summed E-state index contributed by atoms with van der Waals surface area (Å²) in [4.78, 5) is 44.2. The van der Waals surface area contributed by atoms with Crippen molar-refractivity contribution in [2.75, 3.05) is 63.9 Å². The number of rotatable bonds is 19. The highest BCUT2D eigenvalue weighted by Crippen LogP contribution is 2.41. The van der Waals surface area contributed by atoms with E-state index in [2.05, 4.69) is 33.2 Å². The topological polar surface area (TPSA) is 232 Å². The highest BCUT2D eigenvalue weighted by molar-refractivity contribution is 6.33. The molecule has 6 heterocycles. The maximum Gasteiger partial charge on any atom is 0.319 e. The number of nitrogens with one attached hydrogen (secondary N) is 1. The lowest BCUT2D eigenvalue weighted by atomic mass is 9.83. The zero-order valence-corrected chi connectivity index (χ0v) is 48.2. The van der Waals surface area contributed by atoms with Gasteiger partial charge >= 0.3 is 6.01 Å². The van der Waals surface area contributed by atoms with Gasteiger partial charge in [0, 0.05) is 94.5 Å². The Morgan fingerprint density at radius 3 is 2.48 bits per heavy atom. The van der Waals surface area contributed by atoms with Crippen LogP contribution in [0.5, 0.6) is 11.9 Å². The van der Waals surface area contributed by atoms with Crippen molar-refractivity contribution >= 4 is 51.8 Å². The molecule has 19 nitrogen and oxygen atoms in total. The molecule has 3 unspecified atom stereocenters. The number of halogens is 4. The molecule has 6 aromatic rings. The SMILES string of the molecule is C=C(F)C(O)N1CCN(c2nc(OCCN3CCC(F)(COc4cc([C@H](C(=O)N5C[C@H](O)C[C@H]5C(=O)N[C@@H](C)c5ccc(-c6ccnn6C)cc5)C(C)C)on4)CC3)nc3c(F)c(C4=c5ccccc5=CC(O)C4C)c(Cl)cc23)C[C@@H]1CC#N. The van der Waals surface area contributed by atoms with Crippen LogP contribution in [-0.2, 0) is 16.6 Å². The lowest BCUT2D eigenvalue weighted by Gasteiger charge is -2.43. The van der Waals surface area contributed by atoms with Gasteiger partial charge in [-0.15, -0.1) is 0 Å². The van der Waals surface area contributed by atoms with Crippen LogP contribution in [-0.4, -0.2) is 162 Å². The molecule has 0 spiro atoms. The van der Waals surface area contributed by atoms with E-state index in [0.29, 0.717) is 30.4 Å². The lowest BCUT2D eigenvalue weighted by Crippen LogP contribution is -2.57. The van der Waals surface area contributed by atoms with E-state index in [-0.39, 0.29) is 116 Å². The summed E-state index contributed by atoms with van der Waals surface area (Å²) in [6, 6.07) is 20.0. The summed E-state index contributed by atoms with van der Waals surface area (Å²) in [7, 11) is 1.86. The molecule has 10 rings (SSSR count). The van der Waals surface area contributed by atoms with Gasteiger partial charge in [0.25, 0.3) is 5.88 Å². The summed E-state index contributed by atoms with van der Waals surface area (Å²) < 4.78 is 67.7. The number of amides is 2. The third-order valence-corrected chi connectivity index (χ3v) is 17.1. The van der Waals surface area contributed by atoms with Crippen molar-refractivity contribution in [1.29, 1.82) is 5.26 Å². The fourth-order valence-corrected chi connectivity index (χ4v) is 12.3. The molecule has 3 fully saturated rings. The number of likely N-dealkylation sites (tertiary alicyclic amines) is 2. The summed E-state index contributed by atoms with van der Waals surface area (Å²) in [6.07, 6.45) is 0.129. The predicted molar refractivity (Wildman–Crippen MR) is 307 cm³/mol. The van der Waals surface area contributed by atoms with Crippen molar-refractivity contribution in [3.05, 3.63) is 123 Å². The molecular formula is C61H69ClF3N11O8. The first-order chi connectivity index (χ1) is 40.2. The number of aromatic nitrogens is 5. The number of anilines is 1. The van der Waals surface area contributed by atoms with E-state index in [4.69, 9.17) is 30.6 Å². The highest BCUT2D eigenvalue weighted by Gasteiger charge is 2.44. The molecule has 0 saturated carbocycles. The Hall–Kier alpha value is -7.39. The van der Waals surface area contributed by atoms with E-state index >= 15 is 8.78 Å². The second-order valence-corrected chi connectivity index (χ2v) is 23.2. The van der Waals surface area contributed by atoms with E-state index in [0.717, 1.165) is 22.0 Å². The van der Waals surface area contributed by atoms with Crippen LogP contribution in [0.15, 0.2) is 89.9 Å². The third-order valence-electron chi connectivity index (χ3n) is 16.8. The number of nitriles is 1. The van der Waals surface area contributed by atoms with Gasteiger partial charge < -0.3 is 44.4 Å². The summed E-state index contributed by atoms with van der Waals surface area (Å²) in [5.74, 6) is -3.89. The maximum absolute atomic E-state index is 17.5. The second-order valence-electron chi connectivity index (χ2n) is 22.7. The van der Waals surface area contributed by atoms with Crippen LogP contribution in [0.25, 0.3) is 33.8 Å². The van der Waals surface area contributed by atoms with Crippen LogP contribution in [0.1, 0.15) is 82.2 Å². The van der Waals surface area contributed by atoms with Gasteiger partial charge in [0.05, 0.1) is 41.5 Å². The molecule has 4 N–H and O–H groups in total. The molecule has 3 aromatic heterocycles. The fourth-order valence-electron chi connectivity index (χ4n) is 12.0. The van der Waals surface area contributed by atoms with E-state index in [1.165, 1.54) is 15.9 Å². The largest absolute Gasteiger partial charge is 0.472 e. The van der Waals surface area contributed by atoms with Gasteiger partial charge in [-0.25, -0.2) is 13.2 Å². The Labute approximate surface area is 489 Å². The molecule has 23 heteroatoms. The number of aliphatic hydroxyl groups is 3. The van der Waals surface area contributed by atoms with Crippen molar-refractivity contribution in [2.45, 2.75) is 102 Å². The van der Waals surface area contributed by atoms with Gasteiger partial charge in [-0.3, -0.25) is 24.1 Å². The van der Waals surface area contributed by atoms with Crippen LogP contribution < -0.4 is 30.1 Å². The Morgan fingerprint density at radius 2 is 1.77 bits per heavy atom. The smallest absolute Gasteiger partial charge is 0.319 e. The van der Waals surface area contributed by atoms with E-state index in [1.54, 1.807) is 34.8 Å². The number of piperidine rings is 1. The third kappa shape index (κ3) is 12.4. The Kier molecular flexibility index (Phi) is 17.8. The van der Waals surface area contributed by atoms with Gasteiger partial charge in [0.1, 0.15) is 48.0 Å². The fraction of sp³-hybridized carbons (Fsp3) is 0.459.